The van der Waals surface area contributed by atoms with Gasteiger partial charge in [0.25, 0.3) is 0 Å². The van der Waals surface area contributed by atoms with Crippen LogP contribution in [0.2, 0.25) is 0 Å². The molecule has 0 aliphatic heterocycles. The van der Waals surface area contributed by atoms with E-state index >= 15 is 0 Å². The molecule has 4 nitrogen and oxygen atoms in total. The number of ether oxygens (including phenoxy) is 1. The zero-order valence-electron chi connectivity index (χ0n) is 7.86. The van der Waals surface area contributed by atoms with Crippen LogP contribution in [0.4, 0.5) is 0 Å². The molecule has 0 aliphatic rings. The van der Waals surface area contributed by atoms with E-state index in [2.05, 4.69) is 0 Å². The summed E-state index contributed by atoms with van der Waals surface area (Å²) in [6.07, 6.45) is 0.382. The van der Waals surface area contributed by atoms with Gasteiger partial charge in [0, 0.05) is 6.42 Å². The first kappa shape index (κ1) is 10.4. The van der Waals surface area contributed by atoms with Crippen LogP contribution in [0.25, 0.3) is 0 Å². The van der Waals surface area contributed by atoms with Crippen LogP contribution in [0, 0.1) is 0 Å². The Bertz CT molecular complexity index is 333. The zero-order chi connectivity index (χ0) is 10.6. The van der Waals surface area contributed by atoms with Crippen LogP contribution in [0.15, 0.2) is 18.2 Å². The average molecular weight is 196 g/mol. The van der Waals surface area contributed by atoms with Crippen LogP contribution in [0.3, 0.4) is 0 Å². The van der Waals surface area contributed by atoms with Gasteiger partial charge in [-0.2, -0.15) is 0 Å². The number of aliphatic carboxylic acids is 1. The van der Waals surface area contributed by atoms with Gasteiger partial charge >= 0.3 is 5.97 Å². The second-order valence-electron chi connectivity index (χ2n) is 2.86. The van der Waals surface area contributed by atoms with E-state index in [1.807, 2.05) is 0 Å². The number of phenolic OH excluding ortho intramolecular Hbond substituents is 1. The third kappa shape index (κ3) is 2.39. The van der Waals surface area contributed by atoms with Crippen LogP contribution >= 0.6 is 0 Å². The fourth-order valence-electron chi connectivity index (χ4n) is 1.25. The molecule has 0 amide bonds. The smallest absolute Gasteiger partial charge is 0.303 e. The van der Waals surface area contributed by atoms with Crippen molar-refractivity contribution in [1.82, 2.24) is 0 Å². The number of carboxylic acid groups (broad SMARTS) is 1. The number of phenols is 1. The Kier molecular flexibility index (Phi) is 3.34. The molecule has 0 radical (unpaired) electrons. The largest absolute Gasteiger partial charge is 0.504 e. The standard InChI is InChI=1S/C10H12O4/c1-14-10-7(5-6-9(12)13)3-2-4-8(10)11/h2-4,11H,5-6H2,1H3,(H,12,13). The molecule has 0 heterocycles. The number of benzene rings is 1. The molecule has 2 N–H and O–H groups in total. The summed E-state index contributed by atoms with van der Waals surface area (Å²) < 4.78 is 4.97. The van der Waals surface area contributed by atoms with E-state index < -0.39 is 5.97 Å². The summed E-state index contributed by atoms with van der Waals surface area (Å²) in [6, 6.07) is 4.90. The second kappa shape index (κ2) is 4.50. The summed E-state index contributed by atoms with van der Waals surface area (Å²) in [6.45, 7) is 0. The van der Waals surface area contributed by atoms with Crippen LogP contribution in [0.5, 0.6) is 11.5 Å². The zero-order valence-corrected chi connectivity index (χ0v) is 7.86. The molecule has 76 valence electrons. The maximum absolute atomic E-state index is 10.4. The Hall–Kier alpha value is -1.71. The van der Waals surface area contributed by atoms with Crippen molar-refractivity contribution in [3.63, 3.8) is 0 Å². The number of carbonyl (C=O) groups is 1. The SMILES string of the molecule is COc1c(O)cccc1CCC(=O)O. The van der Waals surface area contributed by atoms with Crippen molar-refractivity contribution in [2.75, 3.05) is 7.11 Å². The Balaban J connectivity index is 2.85. The van der Waals surface area contributed by atoms with E-state index in [0.29, 0.717) is 17.7 Å². The lowest BCUT2D eigenvalue weighted by Gasteiger charge is -2.08. The Morgan fingerprint density at radius 1 is 1.50 bits per heavy atom. The minimum Gasteiger partial charge on any atom is -0.504 e. The Morgan fingerprint density at radius 2 is 2.21 bits per heavy atom. The highest BCUT2D eigenvalue weighted by molar-refractivity contribution is 5.67. The fraction of sp³-hybridized carbons (Fsp3) is 0.300. The van der Waals surface area contributed by atoms with Gasteiger partial charge in [-0.25, -0.2) is 0 Å². The lowest BCUT2D eigenvalue weighted by Crippen LogP contribution is -1.99. The number of methoxy groups -OCH3 is 1. The van der Waals surface area contributed by atoms with Crippen LogP contribution in [-0.2, 0) is 11.2 Å². The molecule has 1 aromatic carbocycles. The summed E-state index contributed by atoms with van der Waals surface area (Å²) >= 11 is 0. The normalized spacial score (nSPS) is 9.79. The highest BCUT2D eigenvalue weighted by Crippen LogP contribution is 2.30. The quantitative estimate of drug-likeness (QED) is 0.764. The van der Waals surface area contributed by atoms with Crippen molar-refractivity contribution in [1.29, 1.82) is 0 Å². The van der Waals surface area contributed by atoms with Crippen LogP contribution in [-0.4, -0.2) is 23.3 Å². The van der Waals surface area contributed by atoms with Crippen molar-refractivity contribution >= 4 is 5.97 Å². The number of hydrogen-bond acceptors (Lipinski definition) is 3. The number of hydrogen-bond donors (Lipinski definition) is 2. The van der Waals surface area contributed by atoms with E-state index in [1.165, 1.54) is 13.2 Å². The van der Waals surface area contributed by atoms with Gasteiger partial charge < -0.3 is 14.9 Å². The van der Waals surface area contributed by atoms with E-state index in [-0.39, 0.29) is 12.2 Å². The molecule has 4 heteroatoms. The minimum absolute atomic E-state index is 0.0276. The first-order chi connectivity index (χ1) is 6.65. The third-order valence-corrected chi connectivity index (χ3v) is 1.89. The molecule has 1 rings (SSSR count). The molecule has 0 atom stereocenters. The third-order valence-electron chi connectivity index (χ3n) is 1.89. The summed E-state index contributed by atoms with van der Waals surface area (Å²) in [7, 11) is 1.44. The Labute approximate surface area is 81.8 Å². The van der Waals surface area contributed by atoms with E-state index in [1.54, 1.807) is 12.1 Å². The average Bonchev–Trinajstić information content (AvgIpc) is 2.14. The maximum Gasteiger partial charge on any atom is 0.303 e. The number of aromatic hydroxyl groups is 1. The molecule has 0 bridgehead atoms. The van der Waals surface area contributed by atoms with Crippen molar-refractivity contribution in [2.45, 2.75) is 12.8 Å². The lowest BCUT2D eigenvalue weighted by molar-refractivity contribution is -0.136. The molecular weight excluding hydrogens is 184 g/mol. The molecule has 0 spiro atoms. The first-order valence-electron chi connectivity index (χ1n) is 4.21. The molecule has 14 heavy (non-hydrogen) atoms. The Morgan fingerprint density at radius 3 is 2.79 bits per heavy atom. The van der Waals surface area contributed by atoms with Gasteiger partial charge in [0.1, 0.15) is 0 Å². The first-order valence-corrected chi connectivity index (χ1v) is 4.21. The van der Waals surface area contributed by atoms with E-state index in [4.69, 9.17) is 9.84 Å². The minimum atomic E-state index is -0.865. The predicted molar refractivity (Wildman–Crippen MR) is 50.6 cm³/mol. The van der Waals surface area contributed by atoms with Crippen molar-refractivity contribution in [2.24, 2.45) is 0 Å². The second-order valence-corrected chi connectivity index (χ2v) is 2.86. The summed E-state index contributed by atoms with van der Waals surface area (Å²) in [5, 5.41) is 17.9. The molecule has 0 saturated carbocycles. The van der Waals surface area contributed by atoms with Gasteiger partial charge in [0.2, 0.25) is 0 Å². The van der Waals surface area contributed by atoms with Gasteiger partial charge in [-0.15, -0.1) is 0 Å². The van der Waals surface area contributed by atoms with E-state index in [0.717, 1.165) is 0 Å². The van der Waals surface area contributed by atoms with Gasteiger partial charge in [-0.3, -0.25) is 4.79 Å². The topological polar surface area (TPSA) is 66.8 Å². The molecule has 0 saturated heterocycles. The maximum atomic E-state index is 10.4. The van der Waals surface area contributed by atoms with Crippen molar-refractivity contribution < 1.29 is 19.7 Å². The van der Waals surface area contributed by atoms with Gasteiger partial charge in [-0.05, 0) is 18.1 Å². The summed E-state index contributed by atoms with van der Waals surface area (Å²) in [5.41, 5.74) is 0.704. The van der Waals surface area contributed by atoms with Gasteiger partial charge in [0.15, 0.2) is 11.5 Å². The summed E-state index contributed by atoms with van der Waals surface area (Å²) in [4.78, 5) is 10.4. The van der Waals surface area contributed by atoms with Crippen LogP contribution < -0.4 is 4.74 Å². The van der Waals surface area contributed by atoms with Crippen LogP contribution in [0.1, 0.15) is 12.0 Å². The van der Waals surface area contributed by atoms with Gasteiger partial charge in [-0.1, -0.05) is 12.1 Å². The molecule has 1 aromatic rings. The molecule has 0 aliphatic carbocycles. The monoisotopic (exact) mass is 196 g/mol. The predicted octanol–water partition coefficient (Wildman–Crippen LogP) is 1.42. The fourth-order valence-corrected chi connectivity index (χ4v) is 1.25. The lowest BCUT2D eigenvalue weighted by atomic mass is 10.1. The number of rotatable bonds is 4. The van der Waals surface area contributed by atoms with E-state index in [9.17, 15) is 9.90 Å². The van der Waals surface area contributed by atoms with Crippen molar-refractivity contribution in [3.8, 4) is 11.5 Å². The molecule has 0 fully saturated rings. The highest BCUT2D eigenvalue weighted by Gasteiger charge is 2.08. The number of carboxylic acids is 1. The highest BCUT2D eigenvalue weighted by atomic mass is 16.5. The summed E-state index contributed by atoms with van der Waals surface area (Å²) in [5.74, 6) is -0.473. The molecule has 0 aromatic heterocycles. The van der Waals surface area contributed by atoms with Crippen molar-refractivity contribution in [3.05, 3.63) is 23.8 Å². The number of para-hydroxylation sites is 1. The molecular formula is C10H12O4. The molecule has 0 unspecified atom stereocenters. The van der Waals surface area contributed by atoms with Gasteiger partial charge in [0.05, 0.1) is 7.11 Å². The number of aryl methyl sites for hydroxylation is 1.